The minimum atomic E-state index is -0.382. The van der Waals surface area contributed by atoms with E-state index in [4.69, 9.17) is 0 Å². The van der Waals surface area contributed by atoms with Crippen LogP contribution >= 0.6 is 22.6 Å². The van der Waals surface area contributed by atoms with Crippen molar-refractivity contribution in [3.05, 3.63) is 76.4 Å². The maximum atomic E-state index is 10.4. The SMILES string of the molecule is Cc1cc([N+](=O)[O-])cc(I)c1C.Cc1ccc([N+](=O)[O-])cc1C. The van der Waals surface area contributed by atoms with Gasteiger partial charge in [0.15, 0.2) is 0 Å². The fraction of sp³-hybridized carbons (Fsp3) is 0.250. The van der Waals surface area contributed by atoms with Gasteiger partial charge in [0.25, 0.3) is 11.4 Å². The molecule has 0 aromatic heterocycles. The standard InChI is InChI=1S/C8H8INO2.C8H9NO2/c1-5-3-7(10(11)12)4-8(9)6(5)2;1-6-3-4-8(9(10)11)5-7(6)2/h3-4H,1-2H3;3-5H,1-2H3. The van der Waals surface area contributed by atoms with Crippen molar-refractivity contribution in [3.8, 4) is 0 Å². The predicted molar refractivity (Wildman–Crippen MR) is 97.9 cm³/mol. The molecule has 23 heavy (non-hydrogen) atoms. The van der Waals surface area contributed by atoms with Gasteiger partial charge in [0.05, 0.1) is 9.85 Å². The lowest BCUT2D eigenvalue weighted by Crippen LogP contribution is -1.92. The third kappa shape index (κ3) is 5.27. The van der Waals surface area contributed by atoms with Crippen LogP contribution in [0.4, 0.5) is 11.4 Å². The summed E-state index contributed by atoms with van der Waals surface area (Å²) in [5.74, 6) is 0. The molecule has 0 amide bonds. The van der Waals surface area contributed by atoms with E-state index in [2.05, 4.69) is 22.6 Å². The van der Waals surface area contributed by atoms with Gasteiger partial charge in [-0.15, -0.1) is 0 Å². The minimum Gasteiger partial charge on any atom is -0.258 e. The van der Waals surface area contributed by atoms with Crippen molar-refractivity contribution in [1.29, 1.82) is 0 Å². The van der Waals surface area contributed by atoms with Gasteiger partial charge in [-0.3, -0.25) is 20.2 Å². The van der Waals surface area contributed by atoms with E-state index in [1.807, 2.05) is 27.7 Å². The number of hydrogen-bond acceptors (Lipinski definition) is 4. The largest absolute Gasteiger partial charge is 0.270 e. The zero-order chi connectivity index (χ0) is 17.7. The third-order valence-corrected chi connectivity index (χ3v) is 4.62. The second kappa shape index (κ2) is 8.00. The molecule has 0 saturated heterocycles. The Hall–Kier alpha value is -2.03. The summed E-state index contributed by atoms with van der Waals surface area (Å²) in [7, 11) is 0. The van der Waals surface area contributed by atoms with Gasteiger partial charge in [-0.1, -0.05) is 6.07 Å². The lowest BCUT2D eigenvalue weighted by atomic mass is 10.1. The molecule has 122 valence electrons. The van der Waals surface area contributed by atoms with Gasteiger partial charge < -0.3 is 0 Å². The highest BCUT2D eigenvalue weighted by atomic mass is 127. The first kappa shape index (κ1) is 19.0. The Bertz CT molecular complexity index is 737. The molecule has 0 bridgehead atoms. The molecule has 0 unspecified atom stereocenters. The van der Waals surface area contributed by atoms with Gasteiger partial charge >= 0.3 is 0 Å². The zero-order valence-electron chi connectivity index (χ0n) is 13.3. The number of benzene rings is 2. The molecular formula is C16H17IN2O4. The van der Waals surface area contributed by atoms with Gasteiger partial charge in [0, 0.05) is 27.8 Å². The molecule has 0 aliphatic carbocycles. The summed E-state index contributed by atoms with van der Waals surface area (Å²) in [6.45, 7) is 7.63. The van der Waals surface area contributed by atoms with E-state index < -0.39 is 0 Å². The Labute approximate surface area is 148 Å². The Morgan fingerprint density at radius 3 is 1.74 bits per heavy atom. The average Bonchev–Trinajstić information content (AvgIpc) is 2.47. The minimum absolute atomic E-state index is 0.160. The van der Waals surface area contributed by atoms with Gasteiger partial charge in [0.2, 0.25) is 0 Å². The van der Waals surface area contributed by atoms with Gasteiger partial charge in [-0.2, -0.15) is 0 Å². The quantitative estimate of drug-likeness (QED) is 0.382. The lowest BCUT2D eigenvalue weighted by Gasteiger charge is -2.01. The predicted octanol–water partition coefficient (Wildman–Crippen LogP) is 5.03. The highest BCUT2D eigenvalue weighted by Crippen LogP contribution is 2.22. The average molecular weight is 428 g/mol. The van der Waals surface area contributed by atoms with Crippen LogP contribution in [0.2, 0.25) is 0 Å². The van der Waals surface area contributed by atoms with E-state index in [-0.39, 0.29) is 21.2 Å². The van der Waals surface area contributed by atoms with Crippen molar-refractivity contribution in [2.45, 2.75) is 27.7 Å². The molecule has 0 spiro atoms. The van der Waals surface area contributed by atoms with Gasteiger partial charge in [0.1, 0.15) is 0 Å². The van der Waals surface area contributed by atoms with Crippen LogP contribution in [0.3, 0.4) is 0 Å². The number of hydrogen-bond donors (Lipinski definition) is 0. The maximum absolute atomic E-state index is 10.4. The topological polar surface area (TPSA) is 86.3 Å². The van der Waals surface area contributed by atoms with Gasteiger partial charge in [-0.25, -0.2) is 0 Å². The van der Waals surface area contributed by atoms with E-state index in [1.165, 1.54) is 6.07 Å². The molecule has 0 aliphatic heterocycles. The molecule has 7 heteroatoms. The molecule has 0 atom stereocenters. The molecule has 0 N–H and O–H groups in total. The Balaban J connectivity index is 0.000000231. The fourth-order valence-corrected chi connectivity index (χ4v) is 2.49. The number of halogens is 1. The Morgan fingerprint density at radius 1 is 0.783 bits per heavy atom. The number of nitro benzene ring substituents is 2. The van der Waals surface area contributed by atoms with Crippen molar-refractivity contribution in [2.24, 2.45) is 0 Å². The highest BCUT2D eigenvalue weighted by Gasteiger charge is 2.09. The van der Waals surface area contributed by atoms with Crippen LogP contribution in [0.5, 0.6) is 0 Å². The molecule has 2 aromatic rings. The van der Waals surface area contributed by atoms with Crippen molar-refractivity contribution in [3.63, 3.8) is 0 Å². The number of rotatable bonds is 2. The molecular weight excluding hydrogens is 411 g/mol. The number of nitro groups is 2. The lowest BCUT2D eigenvalue weighted by molar-refractivity contribution is -0.385. The molecule has 0 aliphatic rings. The molecule has 6 nitrogen and oxygen atoms in total. The number of nitrogens with zero attached hydrogens (tertiary/aromatic N) is 2. The van der Waals surface area contributed by atoms with Crippen molar-refractivity contribution >= 4 is 34.0 Å². The van der Waals surface area contributed by atoms with Crippen LogP contribution in [-0.4, -0.2) is 9.85 Å². The monoisotopic (exact) mass is 428 g/mol. The Morgan fingerprint density at radius 2 is 1.30 bits per heavy atom. The number of aryl methyl sites for hydroxylation is 3. The zero-order valence-corrected chi connectivity index (χ0v) is 15.4. The fourth-order valence-electron chi connectivity index (χ4n) is 1.74. The molecule has 2 aromatic carbocycles. The smallest absolute Gasteiger partial charge is 0.258 e. The molecule has 0 radical (unpaired) electrons. The van der Waals surface area contributed by atoms with Crippen LogP contribution in [0, 0.1) is 51.5 Å². The van der Waals surface area contributed by atoms with E-state index in [1.54, 1.807) is 24.3 Å². The summed E-state index contributed by atoms with van der Waals surface area (Å²) in [6, 6.07) is 8.03. The van der Waals surface area contributed by atoms with Crippen LogP contribution in [0.25, 0.3) is 0 Å². The van der Waals surface area contributed by atoms with E-state index in [0.717, 1.165) is 25.8 Å². The van der Waals surface area contributed by atoms with Crippen molar-refractivity contribution in [2.75, 3.05) is 0 Å². The van der Waals surface area contributed by atoms with Crippen LogP contribution < -0.4 is 0 Å². The molecule has 2 rings (SSSR count). The Kier molecular flexibility index (Phi) is 6.62. The van der Waals surface area contributed by atoms with Crippen molar-refractivity contribution in [1.82, 2.24) is 0 Å². The van der Waals surface area contributed by atoms with E-state index in [0.29, 0.717) is 0 Å². The second-order valence-electron chi connectivity index (χ2n) is 5.15. The summed E-state index contributed by atoms with van der Waals surface area (Å²) in [5.41, 5.74) is 4.44. The highest BCUT2D eigenvalue weighted by molar-refractivity contribution is 14.1. The van der Waals surface area contributed by atoms with Crippen LogP contribution in [-0.2, 0) is 0 Å². The third-order valence-electron chi connectivity index (χ3n) is 3.50. The normalized spacial score (nSPS) is 9.78. The first-order chi connectivity index (χ1) is 10.6. The number of non-ortho nitro benzene ring substituents is 2. The summed E-state index contributed by atoms with van der Waals surface area (Å²) < 4.78 is 0.944. The van der Waals surface area contributed by atoms with E-state index in [9.17, 15) is 20.2 Å². The molecule has 0 saturated carbocycles. The summed E-state index contributed by atoms with van der Waals surface area (Å²) >= 11 is 2.10. The second-order valence-corrected chi connectivity index (χ2v) is 6.31. The van der Waals surface area contributed by atoms with Gasteiger partial charge in [-0.05, 0) is 72.5 Å². The first-order valence-corrected chi connectivity index (χ1v) is 7.84. The summed E-state index contributed by atoms with van der Waals surface area (Å²) in [4.78, 5) is 19.9. The molecule has 0 fully saturated rings. The summed E-state index contributed by atoms with van der Waals surface area (Å²) in [6.07, 6.45) is 0. The maximum Gasteiger partial charge on any atom is 0.270 e. The summed E-state index contributed by atoms with van der Waals surface area (Å²) in [5, 5.41) is 20.7. The van der Waals surface area contributed by atoms with Crippen LogP contribution in [0.15, 0.2) is 30.3 Å². The van der Waals surface area contributed by atoms with Crippen LogP contribution in [0.1, 0.15) is 22.3 Å². The molecule has 0 heterocycles. The van der Waals surface area contributed by atoms with Crippen molar-refractivity contribution < 1.29 is 9.85 Å². The van der Waals surface area contributed by atoms with E-state index >= 15 is 0 Å². The first-order valence-electron chi connectivity index (χ1n) is 6.76.